The van der Waals surface area contributed by atoms with Crippen LogP contribution in [0.15, 0.2) is 5.38 Å². The second kappa shape index (κ2) is 5.20. The maximum absolute atomic E-state index is 6.22. The molecule has 0 spiro atoms. The van der Waals surface area contributed by atoms with Crippen LogP contribution in [0.3, 0.4) is 0 Å². The average molecular weight is 268 g/mol. The average Bonchev–Trinajstić information content (AvgIpc) is 2.86. The van der Waals surface area contributed by atoms with E-state index in [9.17, 15) is 0 Å². The third-order valence-corrected chi connectivity index (χ3v) is 4.35. The van der Waals surface area contributed by atoms with Crippen molar-refractivity contribution in [1.82, 2.24) is 14.6 Å². The number of nitrogens with zero attached hydrogens (tertiary/aromatic N) is 3. The summed E-state index contributed by atoms with van der Waals surface area (Å²) >= 11 is 3.06. The lowest BCUT2D eigenvalue weighted by molar-refractivity contribution is 0.697. The molecular weight excluding hydrogens is 252 g/mol. The lowest BCUT2D eigenvalue weighted by atomic mass is 10.1. The minimum Gasteiger partial charge on any atom is -0.323 e. The zero-order chi connectivity index (χ0) is 12.4. The van der Waals surface area contributed by atoms with Gasteiger partial charge in [0.1, 0.15) is 0 Å². The number of aromatic nitrogens is 3. The minimum atomic E-state index is -0.0436. The van der Waals surface area contributed by atoms with Crippen LogP contribution < -0.4 is 5.73 Å². The molecule has 1 unspecified atom stereocenters. The van der Waals surface area contributed by atoms with Crippen LogP contribution in [0.5, 0.6) is 0 Å². The Kier molecular flexibility index (Phi) is 3.86. The first kappa shape index (κ1) is 12.6. The van der Waals surface area contributed by atoms with E-state index < -0.39 is 0 Å². The molecule has 2 N–H and O–H groups in total. The molecule has 1 atom stereocenters. The fourth-order valence-electron chi connectivity index (χ4n) is 1.64. The fourth-order valence-corrected chi connectivity index (χ4v) is 3.28. The molecule has 6 heteroatoms. The summed E-state index contributed by atoms with van der Waals surface area (Å²) in [4.78, 5) is 5.53. The summed E-state index contributed by atoms with van der Waals surface area (Å²) in [5.74, 6) is 0.368. The van der Waals surface area contributed by atoms with E-state index in [2.05, 4.69) is 33.8 Å². The Morgan fingerprint density at radius 1 is 1.41 bits per heavy atom. The third-order valence-electron chi connectivity index (χ3n) is 2.48. The Morgan fingerprint density at radius 3 is 2.76 bits per heavy atom. The molecule has 0 aliphatic heterocycles. The SMILES string of the molecule is Cc1csc(CC(N)c2snnc2C(C)C)n1. The number of thiazole rings is 1. The van der Waals surface area contributed by atoms with Crippen molar-refractivity contribution < 1.29 is 0 Å². The first-order chi connectivity index (χ1) is 8.08. The molecule has 2 rings (SSSR count). The van der Waals surface area contributed by atoms with Crippen LogP contribution in [0.25, 0.3) is 0 Å². The lowest BCUT2D eigenvalue weighted by Gasteiger charge is -2.10. The quantitative estimate of drug-likeness (QED) is 0.926. The molecule has 0 aromatic carbocycles. The zero-order valence-corrected chi connectivity index (χ0v) is 11.8. The molecule has 0 saturated heterocycles. The largest absolute Gasteiger partial charge is 0.323 e. The van der Waals surface area contributed by atoms with Gasteiger partial charge in [-0.15, -0.1) is 16.4 Å². The molecule has 0 aliphatic carbocycles. The first-order valence-corrected chi connectivity index (χ1v) is 7.22. The number of nitrogens with two attached hydrogens (primary N) is 1. The molecule has 0 amide bonds. The van der Waals surface area contributed by atoms with Gasteiger partial charge in [-0.25, -0.2) is 4.98 Å². The predicted octanol–water partition coefficient (Wildman–Crippen LogP) is 2.67. The normalized spacial score (nSPS) is 13.2. The standard InChI is InChI=1S/C11H16N4S2/c1-6(2)10-11(17-15-14-10)8(12)4-9-13-7(3)5-16-9/h5-6,8H,4,12H2,1-3H3. The van der Waals surface area contributed by atoms with Gasteiger partial charge in [0.25, 0.3) is 0 Å². The lowest BCUT2D eigenvalue weighted by Crippen LogP contribution is -2.14. The van der Waals surface area contributed by atoms with Crippen molar-refractivity contribution in [2.45, 2.75) is 39.2 Å². The molecule has 92 valence electrons. The van der Waals surface area contributed by atoms with Crippen LogP contribution in [0.1, 0.15) is 47.1 Å². The van der Waals surface area contributed by atoms with Gasteiger partial charge in [0.15, 0.2) is 0 Å². The Morgan fingerprint density at radius 2 is 2.18 bits per heavy atom. The summed E-state index contributed by atoms with van der Waals surface area (Å²) < 4.78 is 4.01. The van der Waals surface area contributed by atoms with Crippen LogP contribution >= 0.6 is 22.9 Å². The molecule has 0 aliphatic rings. The summed E-state index contributed by atoms with van der Waals surface area (Å²) in [7, 11) is 0. The van der Waals surface area contributed by atoms with Gasteiger partial charge in [0.05, 0.1) is 15.6 Å². The van der Waals surface area contributed by atoms with Crippen molar-refractivity contribution in [3.63, 3.8) is 0 Å². The minimum absolute atomic E-state index is 0.0436. The van der Waals surface area contributed by atoms with Crippen molar-refractivity contribution in [1.29, 1.82) is 0 Å². The maximum Gasteiger partial charge on any atom is 0.0947 e. The Hall–Kier alpha value is -0.850. The summed E-state index contributed by atoms with van der Waals surface area (Å²) in [6.45, 7) is 6.22. The Bertz CT molecular complexity index is 489. The van der Waals surface area contributed by atoms with Crippen LogP contribution in [-0.4, -0.2) is 14.6 Å². The van der Waals surface area contributed by atoms with Crippen molar-refractivity contribution in [3.05, 3.63) is 26.7 Å². The Balaban J connectivity index is 2.14. The maximum atomic E-state index is 6.22. The highest BCUT2D eigenvalue weighted by Gasteiger charge is 2.19. The number of hydrogen-bond donors (Lipinski definition) is 1. The molecule has 2 aromatic rings. The van der Waals surface area contributed by atoms with Gasteiger partial charge in [-0.2, -0.15) is 0 Å². The fraction of sp³-hybridized carbons (Fsp3) is 0.545. The number of hydrogen-bond acceptors (Lipinski definition) is 6. The van der Waals surface area contributed by atoms with Crippen molar-refractivity contribution in [3.8, 4) is 0 Å². The molecule has 4 nitrogen and oxygen atoms in total. The van der Waals surface area contributed by atoms with E-state index in [-0.39, 0.29) is 6.04 Å². The molecule has 2 aromatic heterocycles. The molecule has 0 radical (unpaired) electrons. The van der Waals surface area contributed by atoms with Crippen molar-refractivity contribution >= 4 is 22.9 Å². The summed E-state index contributed by atoms with van der Waals surface area (Å²) in [5.41, 5.74) is 8.30. The zero-order valence-electron chi connectivity index (χ0n) is 10.2. The van der Waals surface area contributed by atoms with Crippen LogP contribution in [0.2, 0.25) is 0 Å². The van der Waals surface area contributed by atoms with Crippen LogP contribution in [0, 0.1) is 6.92 Å². The van der Waals surface area contributed by atoms with Gasteiger partial charge in [0, 0.05) is 23.5 Å². The second-order valence-electron chi connectivity index (χ2n) is 4.37. The smallest absolute Gasteiger partial charge is 0.0947 e. The molecule has 0 fully saturated rings. The van der Waals surface area contributed by atoms with Crippen LogP contribution in [-0.2, 0) is 6.42 Å². The van der Waals surface area contributed by atoms with Gasteiger partial charge >= 0.3 is 0 Å². The van der Waals surface area contributed by atoms with Gasteiger partial charge in [0.2, 0.25) is 0 Å². The highest BCUT2D eigenvalue weighted by atomic mass is 32.1. The van der Waals surface area contributed by atoms with E-state index in [1.807, 2.05) is 6.92 Å². The number of aryl methyl sites for hydroxylation is 1. The molecule has 0 bridgehead atoms. The summed E-state index contributed by atoms with van der Waals surface area (Å²) in [6.07, 6.45) is 0.766. The van der Waals surface area contributed by atoms with Gasteiger partial charge in [-0.3, -0.25) is 0 Å². The molecule has 17 heavy (non-hydrogen) atoms. The highest BCUT2D eigenvalue weighted by molar-refractivity contribution is 7.09. The van der Waals surface area contributed by atoms with E-state index >= 15 is 0 Å². The summed E-state index contributed by atoms with van der Waals surface area (Å²) in [5, 5.41) is 7.29. The van der Waals surface area contributed by atoms with Gasteiger partial charge < -0.3 is 5.73 Å². The highest BCUT2D eigenvalue weighted by Crippen LogP contribution is 2.27. The third kappa shape index (κ3) is 2.88. The molecule has 0 saturated carbocycles. The van der Waals surface area contributed by atoms with E-state index in [1.54, 1.807) is 11.3 Å². The number of rotatable bonds is 4. The van der Waals surface area contributed by atoms with Crippen molar-refractivity contribution in [2.24, 2.45) is 5.73 Å². The van der Waals surface area contributed by atoms with Gasteiger partial charge in [-0.1, -0.05) is 18.3 Å². The van der Waals surface area contributed by atoms with E-state index in [0.717, 1.165) is 27.7 Å². The van der Waals surface area contributed by atoms with E-state index in [0.29, 0.717) is 5.92 Å². The molecular formula is C11H16N4S2. The molecule has 2 heterocycles. The van der Waals surface area contributed by atoms with E-state index in [4.69, 9.17) is 5.73 Å². The van der Waals surface area contributed by atoms with E-state index in [1.165, 1.54) is 11.5 Å². The van der Waals surface area contributed by atoms with Gasteiger partial charge in [-0.05, 0) is 24.4 Å². The van der Waals surface area contributed by atoms with Crippen molar-refractivity contribution in [2.75, 3.05) is 0 Å². The summed E-state index contributed by atoms with van der Waals surface area (Å²) in [6, 6.07) is -0.0436. The second-order valence-corrected chi connectivity index (χ2v) is 6.10. The topological polar surface area (TPSA) is 64.7 Å². The monoisotopic (exact) mass is 268 g/mol. The predicted molar refractivity (Wildman–Crippen MR) is 71.5 cm³/mol. The van der Waals surface area contributed by atoms with Crippen LogP contribution in [0.4, 0.5) is 0 Å². The first-order valence-electron chi connectivity index (χ1n) is 5.56. The Labute approximate surface area is 109 Å².